The van der Waals surface area contributed by atoms with E-state index >= 15 is 0 Å². The van der Waals surface area contributed by atoms with E-state index in [1.807, 2.05) is 38.1 Å². The summed E-state index contributed by atoms with van der Waals surface area (Å²) in [5.74, 6) is 0.198. The molecule has 0 aliphatic heterocycles. The predicted octanol–water partition coefficient (Wildman–Crippen LogP) is 8.14. The standard InChI is InChI=1S/C32H29F3N6OS/c1-18(2)26-14-13-24-29(40-26)37-17-38-30(24)41-27-16-20(8-15-28(27)43-22-11-9-21(36)10-12-22)31(42)39-19(3)23-6-4-5-7-25(23)32(33,34)35/h4-19H,36H2,1-3H3,(H,39,42)(H,37,38,40,41)/t19-/m0/s1. The van der Waals surface area contributed by atoms with Gasteiger partial charge in [-0.2, -0.15) is 13.2 Å². The minimum absolute atomic E-state index is 0.0158. The number of alkyl halides is 3. The average Bonchev–Trinajstić information content (AvgIpc) is 2.98. The molecule has 7 nitrogen and oxygen atoms in total. The number of aromatic nitrogens is 3. The number of pyridine rings is 1. The van der Waals surface area contributed by atoms with E-state index < -0.39 is 23.7 Å². The Balaban J connectivity index is 1.49. The van der Waals surface area contributed by atoms with Gasteiger partial charge in [0.05, 0.1) is 22.7 Å². The SMILES string of the molecule is CC(C)c1ccc2c(Nc3cc(C(=O)N[C@@H](C)c4ccccc4C(F)(F)F)ccc3Sc3ccc(N)cc3)ncnc2n1. The number of rotatable bonds is 8. The number of nitrogen functional groups attached to an aromatic ring is 1. The maximum absolute atomic E-state index is 13.6. The molecule has 0 aliphatic rings. The Hall–Kier alpha value is -4.64. The Morgan fingerprint density at radius 3 is 2.40 bits per heavy atom. The van der Waals surface area contributed by atoms with Crippen LogP contribution in [0.2, 0.25) is 0 Å². The Morgan fingerprint density at radius 2 is 1.67 bits per heavy atom. The van der Waals surface area contributed by atoms with Crippen LogP contribution in [0.25, 0.3) is 11.0 Å². The molecule has 11 heteroatoms. The third-order valence-corrected chi connectivity index (χ3v) is 7.88. The lowest BCUT2D eigenvalue weighted by Crippen LogP contribution is -2.28. The molecule has 220 valence electrons. The molecule has 0 bridgehead atoms. The third-order valence-electron chi connectivity index (χ3n) is 6.79. The van der Waals surface area contributed by atoms with Crippen LogP contribution in [-0.2, 0) is 6.18 Å². The molecule has 4 N–H and O–H groups in total. The average molecular weight is 603 g/mol. The zero-order valence-corrected chi connectivity index (χ0v) is 24.4. The van der Waals surface area contributed by atoms with E-state index in [2.05, 4.69) is 25.6 Å². The molecule has 0 unspecified atom stereocenters. The fourth-order valence-electron chi connectivity index (χ4n) is 4.52. The van der Waals surface area contributed by atoms with Crippen molar-refractivity contribution in [2.75, 3.05) is 11.1 Å². The van der Waals surface area contributed by atoms with E-state index in [0.29, 0.717) is 28.2 Å². The van der Waals surface area contributed by atoms with Crippen LogP contribution in [0.4, 0.5) is 30.4 Å². The van der Waals surface area contributed by atoms with E-state index in [1.54, 1.807) is 30.3 Å². The number of amides is 1. The van der Waals surface area contributed by atoms with Crippen molar-refractivity contribution < 1.29 is 18.0 Å². The van der Waals surface area contributed by atoms with Gasteiger partial charge in [-0.25, -0.2) is 15.0 Å². The summed E-state index contributed by atoms with van der Waals surface area (Å²) in [6.07, 6.45) is -3.12. The second kappa shape index (κ2) is 12.3. The first-order valence-electron chi connectivity index (χ1n) is 13.5. The van der Waals surface area contributed by atoms with Crippen LogP contribution in [-0.4, -0.2) is 20.9 Å². The Morgan fingerprint density at radius 1 is 0.930 bits per heavy atom. The van der Waals surface area contributed by atoms with Crippen molar-refractivity contribution in [3.05, 3.63) is 108 Å². The fourth-order valence-corrected chi connectivity index (χ4v) is 5.40. The molecule has 5 aromatic rings. The van der Waals surface area contributed by atoms with Gasteiger partial charge in [0.15, 0.2) is 5.65 Å². The maximum Gasteiger partial charge on any atom is 0.416 e. The zero-order valence-electron chi connectivity index (χ0n) is 23.6. The first-order chi connectivity index (χ1) is 20.5. The van der Waals surface area contributed by atoms with Crippen molar-refractivity contribution in [2.24, 2.45) is 0 Å². The van der Waals surface area contributed by atoms with Gasteiger partial charge in [-0.3, -0.25) is 4.79 Å². The molecule has 0 fully saturated rings. The number of carbonyl (C=O) groups is 1. The zero-order chi connectivity index (χ0) is 30.7. The van der Waals surface area contributed by atoms with E-state index in [1.165, 1.54) is 43.2 Å². The Bertz CT molecular complexity index is 1780. The van der Waals surface area contributed by atoms with Crippen molar-refractivity contribution in [3.63, 3.8) is 0 Å². The number of halogens is 3. The van der Waals surface area contributed by atoms with Gasteiger partial charge in [0.1, 0.15) is 12.1 Å². The van der Waals surface area contributed by atoms with Gasteiger partial charge < -0.3 is 16.4 Å². The highest BCUT2D eigenvalue weighted by Crippen LogP contribution is 2.38. The lowest BCUT2D eigenvalue weighted by Gasteiger charge is -2.20. The van der Waals surface area contributed by atoms with Crippen LogP contribution in [0.5, 0.6) is 0 Å². The van der Waals surface area contributed by atoms with Crippen LogP contribution in [0, 0.1) is 0 Å². The molecule has 1 amide bonds. The third kappa shape index (κ3) is 6.89. The van der Waals surface area contributed by atoms with Crippen LogP contribution < -0.4 is 16.4 Å². The molecule has 0 radical (unpaired) electrons. The summed E-state index contributed by atoms with van der Waals surface area (Å²) in [5.41, 5.74) is 7.95. The number of carbonyl (C=O) groups excluding carboxylic acids is 1. The lowest BCUT2D eigenvalue weighted by molar-refractivity contribution is -0.138. The molecular weight excluding hydrogens is 573 g/mol. The van der Waals surface area contributed by atoms with Crippen molar-refractivity contribution >= 4 is 45.9 Å². The molecule has 0 saturated carbocycles. The highest BCUT2D eigenvalue weighted by atomic mass is 32.2. The normalized spacial score (nSPS) is 12.3. The largest absolute Gasteiger partial charge is 0.416 e. The number of fused-ring (bicyclic) bond motifs is 1. The van der Waals surface area contributed by atoms with Gasteiger partial charge >= 0.3 is 6.18 Å². The van der Waals surface area contributed by atoms with Crippen LogP contribution in [0.3, 0.4) is 0 Å². The van der Waals surface area contributed by atoms with E-state index in [0.717, 1.165) is 21.6 Å². The second-order valence-corrected chi connectivity index (χ2v) is 11.4. The molecule has 1 atom stereocenters. The van der Waals surface area contributed by atoms with Gasteiger partial charge in [0, 0.05) is 26.7 Å². The highest BCUT2D eigenvalue weighted by Gasteiger charge is 2.34. The number of hydrogen-bond donors (Lipinski definition) is 3. The molecule has 43 heavy (non-hydrogen) atoms. The quantitative estimate of drug-likeness (QED) is 0.154. The van der Waals surface area contributed by atoms with Gasteiger partial charge in [-0.05, 0) is 79.1 Å². The molecule has 2 heterocycles. The lowest BCUT2D eigenvalue weighted by atomic mass is 10.0. The monoisotopic (exact) mass is 602 g/mol. The molecule has 0 aliphatic carbocycles. The first kappa shape index (κ1) is 29.8. The molecule has 0 saturated heterocycles. The van der Waals surface area contributed by atoms with Crippen molar-refractivity contribution in [2.45, 2.75) is 48.7 Å². The summed E-state index contributed by atoms with van der Waals surface area (Å²) < 4.78 is 40.8. The Kier molecular flexibility index (Phi) is 8.54. The minimum atomic E-state index is -4.54. The summed E-state index contributed by atoms with van der Waals surface area (Å²) in [5, 5.41) is 6.75. The summed E-state index contributed by atoms with van der Waals surface area (Å²) in [6, 6.07) is 20.6. The van der Waals surface area contributed by atoms with Crippen LogP contribution in [0.1, 0.15) is 59.9 Å². The van der Waals surface area contributed by atoms with Crippen LogP contribution in [0.15, 0.2) is 95.0 Å². The molecular formula is C32H29F3N6OS. The number of hydrogen-bond acceptors (Lipinski definition) is 7. The molecule has 3 aromatic carbocycles. The molecule has 5 rings (SSSR count). The molecule has 2 aromatic heterocycles. The smallest absolute Gasteiger partial charge is 0.399 e. The van der Waals surface area contributed by atoms with Gasteiger partial charge in [0.25, 0.3) is 5.91 Å². The van der Waals surface area contributed by atoms with E-state index in [-0.39, 0.29) is 17.0 Å². The summed E-state index contributed by atoms with van der Waals surface area (Å²) >= 11 is 1.46. The second-order valence-electron chi connectivity index (χ2n) is 10.3. The number of nitrogens with zero attached hydrogens (tertiary/aromatic N) is 3. The van der Waals surface area contributed by atoms with E-state index in [9.17, 15) is 18.0 Å². The first-order valence-corrected chi connectivity index (χ1v) is 14.3. The van der Waals surface area contributed by atoms with Gasteiger partial charge in [0.2, 0.25) is 0 Å². The summed E-state index contributed by atoms with van der Waals surface area (Å²) in [4.78, 5) is 28.5. The fraction of sp³-hybridized carbons (Fsp3) is 0.188. The topological polar surface area (TPSA) is 106 Å². The number of benzene rings is 3. The minimum Gasteiger partial charge on any atom is -0.399 e. The number of anilines is 3. The summed E-state index contributed by atoms with van der Waals surface area (Å²) in [6.45, 7) is 5.63. The highest BCUT2D eigenvalue weighted by molar-refractivity contribution is 7.99. The summed E-state index contributed by atoms with van der Waals surface area (Å²) in [7, 11) is 0. The van der Waals surface area contributed by atoms with Crippen molar-refractivity contribution in [1.82, 2.24) is 20.3 Å². The number of nitrogens with one attached hydrogen (secondary N) is 2. The predicted molar refractivity (Wildman–Crippen MR) is 163 cm³/mol. The Labute approximate surface area is 251 Å². The number of nitrogens with two attached hydrogens (primary N) is 1. The molecule has 0 spiro atoms. The van der Waals surface area contributed by atoms with Crippen molar-refractivity contribution in [3.8, 4) is 0 Å². The maximum atomic E-state index is 13.6. The van der Waals surface area contributed by atoms with Gasteiger partial charge in [-0.1, -0.05) is 43.8 Å². The van der Waals surface area contributed by atoms with Gasteiger partial charge in [-0.15, -0.1) is 0 Å². The van der Waals surface area contributed by atoms with E-state index in [4.69, 9.17) is 5.73 Å². The van der Waals surface area contributed by atoms with Crippen LogP contribution >= 0.6 is 11.8 Å². The van der Waals surface area contributed by atoms with Crippen molar-refractivity contribution in [1.29, 1.82) is 0 Å².